The van der Waals surface area contributed by atoms with E-state index in [2.05, 4.69) is 17.4 Å². The molecule has 0 aliphatic carbocycles. The van der Waals surface area contributed by atoms with E-state index in [9.17, 15) is 4.79 Å². The summed E-state index contributed by atoms with van der Waals surface area (Å²) >= 11 is 0. The zero-order valence-electron chi connectivity index (χ0n) is 15.4. The van der Waals surface area contributed by atoms with Crippen LogP contribution in [0.5, 0.6) is 5.75 Å². The second-order valence-electron chi connectivity index (χ2n) is 6.40. The topological polar surface area (TPSA) is 41.6 Å². The third-order valence-electron chi connectivity index (χ3n) is 4.74. The summed E-state index contributed by atoms with van der Waals surface area (Å²) in [5, 5.41) is 5.25. The number of benzene rings is 3. The molecule has 0 saturated carbocycles. The molecule has 0 aromatic heterocycles. The van der Waals surface area contributed by atoms with Crippen molar-refractivity contribution in [2.45, 2.75) is 19.5 Å². The Morgan fingerprint density at radius 2 is 1.73 bits per heavy atom. The molecule has 2 amide bonds. The van der Waals surface area contributed by atoms with E-state index in [1.807, 2.05) is 68.6 Å². The first-order chi connectivity index (χ1) is 12.6. The molecular formula is C22H24N2O2. The summed E-state index contributed by atoms with van der Waals surface area (Å²) in [6.45, 7) is 2.52. The standard InChI is InChI=1S/C22H24N2O2/c1-16(18-7-5-4-6-8-18)24(2)22(25)23-15-17-9-10-20-14-21(26-3)12-11-19(20)13-17/h4-14,16H,15H2,1-3H3,(H,23,25)/t16-/m1/s1. The van der Waals surface area contributed by atoms with Crippen molar-refractivity contribution in [3.63, 3.8) is 0 Å². The summed E-state index contributed by atoms with van der Waals surface area (Å²) in [6, 6.07) is 22.1. The molecule has 3 aromatic rings. The molecule has 3 aromatic carbocycles. The molecule has 134 valence electrons. The van der Waals surface area contributed by atoms with Gasteiger partial charge in [0.2, 0.25) is 0 Å². The maximum absolute atomic E-state index is 12.5. The van der Waals surface area contributed by atoms with Gasteiger partial charge in [0.1, 0.15) is 5.75 Å². The van der Waals surface area contributed by atoms with Crippen molar-refractivity contribution < 1.29 is 9.53 Å². The first-order valence-electron chi connectivity index (χ1n) is 8.71. The van der Waals surface area contributed by atoms with Gasteiger partial charge in [0.05, 0.1) is 13.2 Å². The van der Waals surface area contributed by atoms with Gasteiger partial charge in [-0.2, -0.15) is 0 Å². The Labute approximate surface area is 154 Å². The summed E-state index contributed by atoms with van der Waals surface area (Å²) in [5.74, 6) is 0.843. The van der Waals surface area contributed by atoms with E-state index in [4.69, 9.17) is 4.74 Å². The minimum absolute atomic E-state index is 0.0141. The van der Waals surface area contributed by atoms with E-state index >= 15 is 0 Å². The van der Waals surface area contributed by atoms with Crippen molar-refractivity contribution in [1.82, 2.24) is 10.2 Å². The van der Waals surface area contributed by atoms with Crippen molar-refractivity contribution >= 4 is 16.8 Å². The molecule has 0 radical (unpaired) electrons. The van der Waals surface area contributed by atoms with Gasteiger partial charge in [-0.3, -0.25) is 0 Å². The quantitative estimate of drug-likeness (QED) is 0.723. The Bertz CT molecular complexity index is 893. The lowest BCUT2D eigenvalue weighted by Gasteiger charge is -2.25. The number of carbonyl (C=O) groups is 1. The Hall–Kier alpha value is -3.01. The molecule has 0 unspecified atom stereocenters. The highest BCUT2D eigenvalue weighted by Gasteiger charge is 2.16. The van der Waals surface area contributed by atoms with Crippen molar-refractivity contribution in [3.8, 4) is 5.75 Å². The van der Waals surface area contributed by atoms with Crippen LogP contribution in [-0.4, -0.2) is 25.1 Å². The Balaban J connectivity index is 1.64. The first kappa shape index (κ1) is 17.8. The van der Waals surface area contributed by atoms with E-state index in [0.717, 1.165) is 27.6 Å². The van der Waals surface area contributed by atoms with Crippen LogP contribution < -0.4 is 10.1 Å². The fraction of sp³-hybridized carbons (Fsp3) is 0.227. The summed E-state index contributed by atoms with van der Waals surface area (Å²) in [5.41, 5.74) is 2.18. The predicted molar refractivity (Wildman–Crippen MR) is 105 cm³/mol. The number of rotatable bonds is 5. The van der Waals surface area contributed by atoms with Crippen LogP contribution in [-0.2, 0) is 6.54 Å². The highest BCUT2D eigenvalue weighted by Crippen LogP contribution is 2.22. The smallest absolute Gasteiger partial charge is 0.317 e. The predicted octanol–water partition coefficient (Wildman–Crippen LogP) is 4.75. The van der Waals surface area contributed by atoms with Gasteiger partial charge in [-0.15, -0.1) is 0 Å². The van der Waals surface area contributed by atoms with E-state index in [1.54, 1.807) is 12.0 Å². The van der Waals surface area contributed by atoms with Gasteiger partial charge >= 0.3 is 6.03 Å². The lowest BCUT2D eigenvalue weighted by molar-refractivity contribution is 0.194. The summed E-state index contributed by atoms with van der Waals surface area (Å²) < 4.78 is 5.25. The van der Waals surface area contributed by atoms with Crippen molar-refractivity contribution in [1.29, 1.82) is 0 Å². The summed E-state index contributed by atoms with van der Waals surface area (Å²) in [4.78, 5) is 14.2. The first-order valence-corrected chi connectivity index (χ1v) is 8.71. The fourth-order valence-electron chi connectivity index (χ4n) is 2.94. The number of methoxy groups -OCH3 is 1. The van der Waals surface area contributed by atoms with Crippen LogP contribution in [0.25, 0.3) is 10.8 Å². The number of amides is 2. The number of nitrogens with one attached hydrogen (secondary N) is 1. The average Bonchev–Trinajstić information content (AvgIpc) is 2.70. The third-order valence-corrected chi connectivity index (χ3v) is 4.74. The molecule has 4 nitrogen and oxygen atoms in total. The zero-order chi connectivity index (χ0) is 18.5. The minimum Gasteiger partial charge on any atom is -0.497 e. The average molecular weight is 348 g/mol. The number of carbonyl (C=O) groups excluding carboxylic acids is 1. The molecule has 0 bridgehead atoms. The molecule has 26 heavy (non-hydrogen) atoms. The van der Waals surface area contributed by atoms with Gasteiger partial charge in [0.15, 0.2) is 0 Å². The molecule has 3 rings (SSSR count). The molecule has 0 aliphatic heterocycles. The van der Waals surface area contributed by atoms with Crippen LogP contribution in [0.4, 0.5) is 4.79 Å². The maximum atomic E-state index is 12.5. The molecule has 0 fully saturated rings. The Morgan fingerprint density at radius 3 is 2.46 bits per heavy atom. The van der Waals surface area contributed by atoms with E-state index < -0.39 is 0 Å². The van der Waals surface area contributed by atoms with Crippen LogP contribution in [0.1, 0.15) is 24.1 Å². The molecular weight excluding hydrogens is 324 g/mol. The Morgan fingerprint density at radius 1 is 1.04 bits per heavy atom. The monoisotopic (exact) mass is 348 g/mol. The van der Waals surface area contributed by atoms with Gasteiger partial charge in [-0.05, 0) is 47.0 Å². The molecule has 1 atom stereocenters. The largest absolute Gasteiger partial charge is 0.497 e. The second-order valence-corrected chi connectivity index (χ2v) is 6.40. The maximum Gasteiger partial charge on any atom is 0.317 e. The number of nitrogens with zero attached hydrogens (tertiary/aromatic N) is 1. The molecule has 0 heterocycles. The van der Waals surface area contributed by atoms with Crippen molar-refractivity contribution in [3.05, 3.63) is 77.9 Å². The lowest BCUT2D eigenvalue weighted by atomic mass is 10.1. The summed E-state index contributed by atoms with van der Waals surface area (Å²) in [7, 11) is 3.48. The molecule has 0 saturated heterocycles. The third kappa shape index (κ3) is 3.97. The van der Waals surface area contributed by atoms with Crippen LogP contribution in [0.15, 0.2) is 66.7 Å². The molecule has 0 aliphatic rings. The number of fused-ring (bicyclic) bond motifs is 1. The molecule has 4 heteroatoms. The minimum atomic E-state index is -0.0869. The van der Waals surface area contributed by atoms with E-state index in [-0.39, 0.29) is 12.1 Å². The second kappa shape index (κ2) is 7.91. The Kier molecular flexibility index (Phi) is 5.42. The lowest BCUT2D eigenvalue weighted by Crippen LogP contribution is -2.38. The normalized spacial score (nSPS) is 11.8. The van der Waals surface area contributed by atoms with E-state index in [0.29, 0.717) is 6.54 Å². The van der Waals surface area contributed by atoms with Crippen LogP contribution >= 0.6 is 0 Å². The van der Waals surface area contributed by atoms with Crippen molar-refractivity contribution in [2.24, 2.45) is 0 Å². The molecule has 0 spiro atoms. The summed E-state index contributed by atoms with van der Waals surface area (Å²) in [6.07, 6.45) is 0. The number of ether oxygens (including phenoxy) is 1. The van der Waals surface area contributed by atoms with Gasteiger partial charge in [0.25, 0.3) is 0 Å². The van der Waals surface area contributed by atoms with Crippen molar-refractivity contribution in [2.75, 3.05) is 14.2 Å². The highest BCUT2D eigenvalue weighted by atomic mass is 16.5. The van der Waals surface area contributed by atoms with Gasteiger partial charge in [-0.1, -0.05) is 48.5 Å². The number of urea groups is 1. The van der Waals surface area contributed by atoms with E-state index in [1.165, 1.54) is 0 Å². The SMILES string of the molecule is COc1ccc2cc(CNC(=O)N(C)[C@H](C)c3ccccc3)ccc2c1. The highest BCUT2D eigenvalue weighted by molar-refractivity contribution is 5.84. The number of hydrogen-bond donors (Lipinski definition) is 1. The van der Waals surface area contributed by atoms with Gasteiger partial charge in [-0.25, -0.2) is 4.79 Å². The van der Waals surface area contributed by atoms with Crippen LogP contribution in [0.2, 0.25) is 0 Å². The van der Waals surface area contributed by atoms with Crippen LogP contribution in [0, 0.1) is 0 Å². The van der Waals surface area contributed by atoms with Gasteiger partial charge in [0, 0.05) is 13.6 Å². The van der Waals surface area contributed by atoms with Crippen LogP contribution in [0.3, 0.4) is 0 Å². The zero-order valence-corrected chi connectivity index (χ0v) is 15.4. The molecule has 1 N–H and O–H groups in total. The number of hydrogen-bond acceptors (Lipinski definition) is 2. The fourth-order valence-corrected chi connectivity index (χ4v) is 2.94. The van der Waals surface area contributed by atoms with Gasteiger partial charge < -0.3 is 15.0 Å².